The molecular formula is C31H30N4O6. The van der Waals surface area contributed by atoms with Crippen molar-refractivity contribution in [2.75, 3.05) is 26.4 Å². The number of amides is 4. The molecule has 2 saturated heterocycles. The average molecular weight is 555 g/mol. The Balaban J connectivity index is 1.24. The van der Waals surface area contributed by atoms with Crippen molar-refractivity contribution in [1.82, 2.24) is 19.7 Å². The molecule has 0 radical (unpaired) electrons. The molecule has 1 aromatic heterocycles. The van der Waals surface area contributed by atoms with Crippen LogP contribution < -0.4 is 20.3 Å². The van der Waals surface area contributed by atoms with Gasteiger partial charge in [0, 0.05) is 43.9 Å². The number of carbonyl (C=O) groups is 3. The summed E-state index contributed by atoms with van der Waals surface area (Å²) >= 11 is 0. The third-order valence-electron chi connectivity index (χ3n) is 8.73. The van der Waals surface area contributed by atoms with Gasteiger partial charge in [-0.15, -0.1) is 0 Å². The van der Waals surface area contributed by atoms with E-state index in [1.807, 2.05) is 47.0 Å². The molecule has 3 atom stereocenters. The number of rotatable bonds is 6. The summed E-state index contributed by atoms with van der Waals surface area (Å²) < 4.78 is 12.9. The first-order valence-corrected chi connectivity index (χ1v) is 13.9. The van der Waals surface area contributed by atoms with Gasteiger partial charge in [-0.05, 0) is 48.1 Å². The minimum atomic E-state index is -1.54. The maximum Gasteiger partial charge on any atom is 0.331 e. The third kappa shape index (κ3) is 4.48. The second-order valence-corrected chi connectivity index (χ2v) is 11.5. The van der Waals surface area contributed by atoms with Crippen molar-refractivity contribution in [3.63, 3.8) is 0 Å². The van der Waals surface area contributed by atoms with E-state index in [1.165, 1.54) is 0 Å². The number of hydrogen-bond acceptors (Lipinski definition) is 7. The Morgan fingerprint density at radius 3 is 2.54 bits per heavy atom. The lowest BCUT2D eigenvalue weighted by Gasteiger charge is -2.47. The zero-order valence-electron chi connectivity index (χ0n) is 22.5. The monoisotopic (exact) mass is 554 g/mol. The van der Waals surface area contributed by atoms with Gasteiger partial charge in [-0.3, -0.25) is 24.6 Å². The van der Waals surface area contributed by atoms with E-state index in [2.05, 4.69) is 10.2 Å². The molecule has 2 aromatic carbocycles. The van der Waals surface area contributed by atoms with Crippen LogP contribution in [0.4, 0.5) is 4.79 Å². The summed E-state index contributed by atoms with van der Waals surface area (Å²) in [6.07, 6.45) is 1.04. The Labute approximate surface area is 236 Å². The van der Waals surface area contributed by atoms with Gasteiger partial charge < -0.3 is 18.9 Å². The van der Waals surface area contributed by atoms with Crippen LogP contribution in [0.25, 0.3) is 0 Å². The molecule has 4 aliphatic rings. The fourth-order valence-electron chi connectivity index (χ4n) is 6.90. The summed E-state index contributed by atoms with van der Waals surface area (Å²) in [6, 6.07) is 19.3. The smallest absolute Gasteiger partial charge is 0.331 e. The van der Waals surface area contributed by atoms with Gasteiger partial charge in [-0.1, -0.05) is 42.5 Å². The highest BCUT2D eigenvalue weighted by molar-refractivity contribution is 6.19. The van der Waals surface area contributed by atoms with E-state index in [0.29, 0.717) is 31.1 Å². The minimum Gasteiger partial charge on any atom is -0.454 e. The second-order valence-electron chi connectivity index (χ2n) is 11.5. The predicted molar refractivity (Wildman–Crippen MR) is 147 cm³/mol. The van der Waals surface area contributed by atoms with Crippen LogP contribution >= 0.6 is 0 Å². The summed E-state index contributed by atoms with van der Waals surface area (Å²) in [5.74, 6) is 0.395. The molecule has 7 rings (SSSR count). The van der Waals surface area contributed by atoms with E-state index in [4.69, 9.17) is 9.47 Å². The van der Waals surface area contributed by atoms with Crippen molar-refractivity contribution in [3.8, 4) is 11.5 Å². The van der Waals surface area contributed by atoms with Gasteiger partial charge >= 0.3 is 6.03 Å². The molecule has 4 amide bonds. The van der Waals surface area contributed by atoms with E-state index in [0.717, 1.165) is 28.1 Å². The molecule has 2 fully saturated rings. The fourth-order valence-corrected chi connectivity index (χ4v) is 6.90. The van der Waals surface area contributed by atoms with Crippen LogP contribution in [0.2, 0.25) is 0 Å². The first kappa shape index (κ1) is 25.5. The number of likely N-dealkylation sites (tertiary alicyclic amines) is 1. The topological polar surface area (TPSA) is 110 Å². The van der Waals surface area contributed by atoms with E-state index in [-0.39, 0.29) is 43.7 Å². The minimum absolute atomic E-state index is 0.00170. The number of nitrogens with zero attached hydrogens (tertiary/aromatic N) is 3. The Hall–Kier alpha value is -4.44. The highest BCUT2D eigenvalue weighted by Crippen LogP contribution is 2.40. The lowest BCUT2D eigenvalue weighted by atomic mass is 9.75. The van der Waals surface area contributed by atoms with E-state index >= 15 is 0 Å². The van der Waals surface area contributed by atoms with Gasteiger partial charge in [0.2, 0.25) is 18.6 Å². The summed E-state index contributed by atoms with van der Waals surface area (Å²) in [4.78, 5) is 57.1. The summed E-state index contributed by atoms with van der Waals surface area (Å²) in [7, 11) is 0. The molecule has 210 valence electrons. The van der Waals surface area contributed by atoms with Gasteiger partial charge in [0.1, 0.15) is 5.41 Å². The zero-order valence-corrected chi connectivity index (χ0v) is 22.5. The standard InChI is InChI=1S/C31H30N4O6/c36-27-8-4-7-24-23-11-22(16-34(24)27)14-33(17-23)18-31(13-21-9-10-25-26(12-21)41-19-40-25)28(37)32-30(39)35(29(31)38)15-20-5-2-1-3-6-20/h1-10,12,22-23H,11,13-19H2,(H,32,37,39)/t22-,23+,31?/m1/s1. The lowest BCUT2D eigenvalue weighted by molar-refractivity contribution is -0.154. The number of benzene rings is 2. The van der Waals surface area contributed by atoms with Crippen molar-refractivity contribution >= 4 is 17.8 Å². The number of imide groups is 2. The molecule has 10 heteroatoms. The molecule has 3 aromatic rings. The van der Waals surface area contributed by atoms with Gasteiger partial charge in [-0.25, -0.2) is 4.79 Å². The molecule has 0 saturated carbocycles. The van der Waals surface area contributed by atoms with Crippen LogP contribution in [0.1, 0.15) is 29.2 Å². The largest absolute Gasteiger partial charge is 0.454 e. The lowest BCUT2D eigenvalue weighted by Crippen LogP contribution is -2.67. The highest BCUT2D eigenvalue weighted by Gasteiger charge is 2.55. The average Bonchev–Trinajstić information content (AvgIpc) is 3.43. The van der Waals surface area contributed by atoms with Gasteiger partial charge in [-0.2, -0.15) is 0 Å². The SMILES string of the molecule is O=C1NC(=O)C(Cc2ccc3c(c2)OCO3)(CN2C[C@H]3C[C@@H](C2)c2cccc(=O)n2C3)C(=O)N1Cc1ccccc1. The Bertz CT molecular complexity index is 1600. The molecule has 4 aliphatic heterocycles. The first-order valence-electron chi connectivity index (χ1n) is 13.9. The number of hydrogen-bond donors (Lipinski definition) is 1. The van der Waals surface area contributed by atoms with Crippen LogP contribution in [-0.4, -0.2) is 58.6 Å². The molecule has 2 bridgehead atoms. The number of piperidine rings is 1. The molecule has 10 nitrogen and oxygen atoms in total. The number of barbiturate groups is 1. The fraction of sp³-hybridized carbons (Fsp3) is 0.355. The van der Waals surface area contributed by atoms with Crippen LogP contribution in [-0.2, 0) is 29.1 Å². The number of ether oxygens (including phenoxy) is 2. The highest BCUT2D eigenvalue weighted by atomic mass is 16.7. The predicted octanol–water partition coefficient (Wildman–Crippen LogP) is 2.50. The molecular weight excluding hydrogens is 524 g/mol. The number of carbonyl (C=O) groups excluding carboxylic acids is 3. The van der Waals surface area contributed by atoms with Crippen molar-refractivity contribution in [2.24, 2.45) is 11.3 Å². The van der Waals surface area contributed by atoms with Crippen LogP contribution in [0, 0.1) is 11.3 Å². The van der Waals surface area contributed by atoms with Gasteiger partial charge in [0.25, 0.3) is 5.56 Å². The number of nitrogens with one attached hydrogen (secondary N) is 1. The number of urea groups is 1. The van der Waals surface area contributed by atoms with Crippen molar-refractivity contribution in [2.45, 2.75) is 31.8 Å². The maximum atomic E-state index is 14.4. The molecule has 1 N–H and O–H groups in total. The maximum absolute atomic E-state index is 14.4. The van der Waals surface area contributed by atoms with Crippen LogP contribution in [0.15, 0.2) is 71.5 Å². The van der Waals surface area contributed by atoms with Crippen LogP contribution in [0.3, 0.4) is 0 Å². The van der Waals surface area contributed by atoms with Gasteiger partial charge in [0.05, 0.1) is 6.54 Å². The van der Waals surface area contributed by atoms with E-state index in [1.54, 1.807) is 24.3 Å². The second kappa shape index (κ2) is 9.88. The molecule has 0 aliphatic carbocycles. The van der Waals surface area contributed by atoms with Gasteiger partial charge in [0.15, 0.2) is 11.5 Å². The number of aromatic nitrogens is 1. The first-order chi connectivity index (χ1) is 19.9. The van der Waals surface area contributed by atoms with Crippen molar-refractivity contribution in [1.29, 1.82) is 0 Å². The van der Waals surface area contributed by atoms with Crippen molar-refractivity contribution in [3.05, 3.63) is 93.9 Å². The van der Waals surface area contributed by atoms with E-state index < -0.39 is 23.3 Å². The molecule has 0 spiro atoms. The quantitative estimate of drug-likeness (QED) is 0.467. The number of pyridine rings is 1. The molecule has 41 heavy (non-hydrogen) atoms. The Morgan fingerprint density at radius 1 is 0.854 bits per heavy atom. The van der Waals surface area contributed by atoms with Crippen molar-refractivity contribution < 1.29 is 23.9 Å². The number of fused-ring (bicyclic) bond motifs is 5. The Morgan fingerprint density at radius 2 is 1.68 bits per heavy atom. The van der Waals surface area contributed by atoms with E-state index in [9.17, 15) is 19.2 Å². The summed E-state index contributed by atoms with van der Waals surface area (Å²) in [5, 5.41) is 2.51. The normalized spacial score (nSPS) is 25.2. The zero-order chi connectivity index (χ0) is 28.1. The summed E-state index contributed by atoms with van der Waals surface area (Å²) in [6.45, 7) is 2.18. The Kier molecular flexibility index (Phi) is 6.15. The molecule has 5 heterocycles. The summed E-state index contributed by atoms with van der Waals surface area (Å²) in [5.41, 5.74) is 0.974. The van der Waals surface area contributed by atoms with Crippen LogP contribution in [0.5, 0.6) is 11.5 Å². The third-order valence-corrected chi connectivity index (χ3v) is 8.73. The molecule has 1 unspecified atom stereocenters.